The molecule has 0 radical (unpaired) electrons. The van der Waals surface area contributed by atoms with Crippen LogP contribution in [0.25, 0.3) is 16.5 Å². The monoisotopic (exact) mass is 549 g/mol. The Bertz CT molecular complexity index is 1820. The number of carbonyl (C=O) groups is 1. The molecule has 0 unspecified atom stereocenters. The lowest BCUT2D eigenvalue weighted by Crippen LogP contribution is -2.22. The van der Waals surface area contributed by atoms with Gasteiger partial charge in [-0.25, -0.2) is 14.7 Å². The Morgan fingerprint density at radius 2 is 1.95 bits per heavy atom. The second kappa shape index (κ2) is 12.5. The van der Waals surface area contributed by atoms with E-state index in [9.17, 15) is 9.59 Å². The molecule has 5 aromatic rings. The van der Waals surface area contributed by atoms with Gasteiger partial charge in [0.25, 0.3) is 11.5 Å². The van der Waals surface area contributed by atoms with E-state index in [1.165, 1.54) is 28.3 Å². The molecule has 0 saturated heterocycles. The molecule has 0 aliphatic heterocycles. The molecule has 0 atom stereocenters. The summed E-state index contributed by atoms with van der Waals surface area (Å²) in [5.74, 6) is 5.94. The molecule has 2 aromatic carbocycles. The number of hydrogen-bond donors (Lipinski definition) is 2. The Morgan fingerprint density at radius 1 is 1.18 bits per heavy atom. The van der Waals surface area contributed by atoms with E-state index in [0.717, 1.165) is 34.4 Å². The van der Waals surface area contributed by atoms with Crippen LogP contribution in [0, 0.1) is 11.8 Å². The van der Waals surface area contributed by atoms with Crippen molar-refractivity contribution in [2.24, 2.45) is 17.8 Å². The summed E-state index contributed by atoms with van der Waals surface area (Å²) in [5, 5.41) is 7.30. The SMILES string of the molecule is C=C/C=N\c1c(C(N)=O)c(N)nn1C.CCc1cc2cccc(C#Cc3cscn3)c2c(=O)n1-c1ccccc1. The molecule has 40 heavy (non-hydrogen) atoms. The lowest BCUT2D eigenvalue weighted by molar-refractivity contribution is 0.100. The number of benzene rings is 2. The third-order valence-electron chi connectivity index (χ3n) is 5.85. The van der Waals surface area contributed by atoms with Crippen molar-refractivity contribution in [3.05, 3.63) is 111 Å². The second-order valence-corrected chi connectivity index (χ2v) is 9.16. The largest absolute Gasteiger partial charge is 0.381 e. The number of nitrogen functional groups attached to an aromatic ring is 1. The van der Waals surface area contributed by atoms with E-state index in [-0.39, 0.29) is 16.9 Å². The highest BCUT2D eigenvalue weighted by atomic mass is 32.1. The molecule has 0 bridgehead atoms. The quantitative estimate of drug-likeness (QED) is 0.248. The highest BCUT2D eigenvalue weighted by Gasteiger charge is 2.17. The molecule has 200 valence electrons. The lowest BCUT2D eigenvalue weighted by atomic mass is 10.0. The van der Waals surface area contributed by atoms with Crippen molar-refractivity contribution in [1.29, 1.82) is 0 Å². The second-order valence-electron chi connectivity index (χ2n) is 8.44. The van der Waals surface area contributed by atoms with Gasteiger partial charge in [-0.15, -0.1) is 11.3 Å². The zero-order chi connectivity index (χ0) is 28.6. The predicted octanol–water partition coefficient (Wildman–Crippen LogP) is 4.40. The van der Waals surface area contributed by atoms with Crippen LogP contribution in [0.2, 0.25) is 0 Å². The molecule has 9 nitrogen and oxygen atoms in total. The molecule has 1 amide bonds. The maximum absolute atomic E-state index is 13.4. The number of aryl methyl sites for hydroxylation is 2. The number of nitrogens with two attached hydrogens (primary N) is 2. The van der Waals surface area contributed by atoms with Gasteiger partial charge in [0, 0.05) is 35.6 Å². The number of para-hydroxylation sites is 1. The minimum absolute atomic E-state index is 0.0336. The molecule has 10 heteroatoms. The van der Waals surface area contributed by atoms with E-state index in [0.29, 0.717) is 11.2 Å². The first-order chi connectivity index (χ1) is 19.3. The van der Waals surface area contributed by atoms with Gasteiger partial charge in [-0.1, -0.05) is 55.8 Å². The van der Waals surface area contributed by atoms with Crippen LogP contribution in [0.4, 0.5) is 11.6 Å². The normalized spacial score (nSPS) is 10.6. The van der Waals surface area contributed by atoms with E-state index >= 15 is 0 Å². The lowest BCUT2D eigenvalue weighted by Gasteiger charge is -2.14. The summed E-state index contributed by atoms with van der Waals surface area (Å²) in [5.41, 5.74) is 15.8. The van der Waals surface area contributed by atoms with Gasteiger partial charge in [0.05, 0.1) is 10.9 Å². The third kappa shape index (κ3) is 5.90. The van der Waals surface area contributed by atoms with E-state index in [2.05, 4.69) is 46.5 Å². The number of carbonyl (C=O) groups excluding carboxylic acids is 1. The van der Waals surface area contributed by atoms with E-state index in [1.54, 1.807) is 17.1 Å². The Balaban J connectivity index is 0.000000224. The number of hydrogen-bond acceptors (Lipinski definition) is 7. The Labute approximate surface area is 235 Å². The number of aliphatic imine (C=N–C) groups is 1. The van der Waals surface area contributed by atoms with Crippen LogP contribution in [0.3, 0.4) is 0 Å². The molecule has 0 saturated carbocycles. The number of nitrogens with zero attached hydrogens (tertiary/aromatic N) is 5. The summed E-state index contributed by atoms with van der Waals surface area (Å²) in [4.78, 5) is 32.5. The minimum Gasteiger partial charge on any atom is -0.381 e. The van der Waals surface area contributed by atoms with Crippen LogP contribution in [-0.2, 0) is 13.5 Å². The zero-order valence-corrected chi connectivity index (χ0v) is 22.9. The summed E-state index contributed by atoms with van der Waals surface area (Å²) in [7, 11) is 1.62. The average Bonchev–Trinajstić information content (AvgIpc) is 3.58. The van der Waals surface area contributed by atoms with Crippen LogP contribution >= 0.6 is 11.3 Å². The van der Waals surface area contributed by atoms with Crippen molar-refractivity contribution in [2.45, 2.75) is 13.3 Å². The van der Waals surface area contributed by atoms with Gasteiger partial charge >= 0.3 is 0 Å². The van der Waals surface area contributed by atoms with Crippen LogP contribution in [0.5, 0.6) is 0 Å². The number of allylic oxidation sites excluding steroid dienone is 1. The van der Waals surface area contributed by atoms with E-state index in [4.69, 9.17) is 11.5 Å². The van der Waals surface area contributed by atoms with Crippen molar-refractivity contribution in [3.8, 4) is 17.5 Å². The maximum atomic E-state index is 13.4. The molecule has 0 fully saturated rings. The molecule has 4 N–H and O–H groups in total. The number of anilines is 1. The topological polar surface area (TPSA) is 134 Å². The summed E-state index contributed by atoms with van der Waals surface area (Å²) in [6, 6.07) is 17.6. The Morgan fingerprint density at radius 3 is 2.60 bits per heavy atom. The first-order valence-electron chi connectivity index (χ1n) is 12.3. The Kier molecular flexibility index (Phi) is 8.69. The van der Waals surface area contributed by atoms with Gasteiger partial charge in [-0.2, -0.15) is 5.10 Å². The number of thiazole rings is 1. The fraction of sp³-hybridized carbons (Fsp3) is 0.100. The third-order valence-corrected chi connectivity index (χ3v) is 6.44. The van der Waals surface area contributed by atoms with Crippen molar-refractivity contribution in [1.82, 2.24) is 19.3 Å². The van der Waals surface area contributed by atoms with Crippen LogP contribution in [0.15, 0.2) is 87.9 Å². The molecule has 5 rings (SSSR count). The fourth-order valence-corrected chi connectivity index (χ4v) is 4.57. The minimum atomic E-state index is -0.646. The van der Waals surface area contributed by atoms with Crippen LogP contribution in [0.1, 0.15) is 34.2 Å². The fourth-order valence-electron chi connectivity index (χ4n) is 4.09. The van der Waals surface area contributed by atoms with Crippen LogP contribution in [-0.4, -0.2) is 31.5 Å². The van der Waals surface area contributed by atoms with Crippen molar-refractivity contribution >= 4 is 45.9 Å². The first-order valence-corrected chi connectivity index (χ1v) is 13.2. The molecule has 3 heterocycles. The zero-order valence-electron chi connectivity index (χ0n) is 22.0. The van der Waals surface area contributed by atoms with Crippen LogP contribution < -0.4 is 17.0 Å². The predicted molar refractivity (Wildman–Crippen MR) is 162 cm³/mol. The number of primary amides is 1. The molecular weight excluding hydrogens is 522 g/mol. The summed E-state index contributed by atoms with van der Waals surface area (Å²) in [6.07, 6.45) is 3.69. The van der Waals surface area contributed by atoms with Crippen molar-refractivity contribution in [3.63, 3.8) is 0 Å². The maximum Gasteiger partial charge on any atom is 0.264 e. The van der Waals surface area contributed by atoms with Crippen molar-refractivity contribution < 1.29 is 4.79 Å². The summed E-state index contributed by atoms with van der Waals surface area (Å²) >= 11 is 1.51. The molecule has 0 spiro atoms. The standard InChI is InChI=1S/C22H16N2OS.C8H11N5O/c1-2-19-13-17-8-6-7-16(11-12-18-14-26-15-23-18)21(17)22(25)24(19)20-9-4-3-5-10-20;1-3-4-11-8-5(7(10)14)6(9)12-13(8)2/h3-10,13-15H,2H2,1H3;3-4H,1H2,2H3,(H2,9,12)(H2,10,14)/b;11-4-. The number of fused-ring (bicyclic) bond motifs is 1. The van der Waals surface area contributed by atoms with E-state index in [1.807, 2.05) is 53.9 Å². The van der Waals surface area contributed by atoms with E-state index < -0.39 is 5.91 Å². The average molecular weight is 550 g/mol. The number of aromatic nitrogens is 4. The van der Waals surface area contributed by atoms with Gasteiger partial charge in [0.1, 0.15) is 11.3 Å². The highest BCUT2D eigenvalue weighted by molar-refractivity contribution is 7.07. The molecular formula is C30H27N7O2S. The molecule has 0 aliphatic rings. The molecule has 3 aromatic heterocycles. The highest BCUT2D eigenvalue weighted by Crippen LogP contribution is 2.23. The number of rotatable bonds is 5. The smallest absolute Gasteiger partial charge is 0.264 e. The van der Waals surface area contributed by atoms with Gasteiger partial charge in [-0.05, 0) is 42.0 Å². The summed E-state index contributed by atoms with van der Waals surface area (Å²) in [6.45, 7) is 5.52. The van der Waals surface area contributed by atoms with Gasteiger partial charge < -0.3 is 11.5 Å². The first kappa shape index (κ1) is 27.8. The number of pyridine rings is 1. The number of amides is 1. The van der Waals surface area contributed by atoms with Gasteiger partial charge in [-0.3, -0.25) is 14.2 Å². The van der Waals surface area contributed by atoms with Gasteiger partial charge in [0.15, 0.2) is 11.6 Å². The summed E-state index contributed by atoms with van der Waals surface area (Å²) < 4.78 is 3.17. The van der Waals surface area contributed by atoms with Gasteiger partial charge in [0.2, 0.25) is 0 Å². The molecule has 0 aliphatic carbocycles. The Hall–Kier alpha value is -5.27. The van der Waals surface area contributed by atoms with Crippen molar-refractivity contribution in [2.75, 3.05) is 5.73 Å².